The van der Waals surface area contributed by atoms with Gasteiger partial charge in [0, 0.05) is 44.1 Å². The summed E-state index contributed by atoms with van der Waals surface area (Å²) in [6.45, 7) is 3.70. The predicted octanol–water partition coefficient (Wildman–Crippen LogP) is 1.03. The number of fused-ring (bicyclic) bond motifs is 1. The number of rotatable bonds is 14. The van der Waals surface area contributed by atoms with Crippen LogP contribution in [0.4, 0.5) is 4.39 Å². The number of amides is 2. The highest BCUT2D eigenvalue weighted by molar-refractivity contribution is 6.02. The van der Waals surface area contributed by atoms with E-state index in [1.54, 1.807) is 18.2 Å². The van der Waals surface area contributed by atoms with Crippen molar-refractivity contribution in [1.29, 1.82) is 0 Å². The van der Waals surface area contributed by atoms with Crippen molar-refractivity contribution >= 4 is 18.1 Å². The molecule has 218 valence electrons. The molecule has 0 aromatic heterocycles. The van der Waals surface area contributed by atoms with Crippen molar-refractivity contribution in [3.05, 3.63) is 70.0 Å². The van der Waals surface area contributed by atoms with Crippen LogP contribution in [-0.4, -0.2) is 80.8 Å². The Morgan fingerprint density at radius 3 is 2.48 bits per heavy atom. The van der Waals surface area contributed by atoms with Gasteiger partial charge in [0.15, 0.2) is 0 Å². The van der Waals surface area contributed by atoms with E-state index in [9.17, 15) is 34.8 Å². The molecule has 0 spiro atoms. The molecule has 5 N–H and O–H groups in total. The summed E-state index contributed by atoms with van der Waals surface area (Å²) < 4.78 is 15.1. The molecule has 1 heterocycles. The normalized spacial score (nSPS) is 14.9. The average molecular weight is 560 g/mol. The zero-order valence-electron chi connectivity index (χ0n) is 23.1. The van der Waals surface area contributed by atoms with Crippen LogP contribution in [0.25, 0.3) is 0 Å². The molecule has 1 aliphatic rings. The van der Waals surface area contributed by atoms with Crippen LogP contribution >= 0.6 is 0 Å². The van der Waals surface area contributed by atoms with E-state index in [4.69, 9.17) is 0 Å². The Kier molecular flexibility index (Phi) is 10.1. The fourth-order valence-electron chi connectivity index (χ4n) is 5.11. The molecule has 0 aliphatic carbocycles. The first kappa shape index (κ1) is 31.3. The van der Waals surface area contributed by atoms with Crippen LogP contribution in [-0.2, 0) is 34.9 Å². The monoisotopic (exact) mass is 559 g/mol. The molecule has 11 heteroatoms. The molecule has 0 bridgehead atoms. The summed E-state index contributed by atoms with van der Waals surface area (Å²) >= 11 is 0. The molecule has 0 fully saturated rings. The van der Waals surface area contributed by atoms with Gasteiger partial charge >= 0.3 is 0 Å². The Bertz CT molecular complexity index is 1240. The zero-order chi connectivity index (χ0) is 29.7. The largest absolute Gasteiger partial charge is 0.395 e. The minimum Gasteiger partial charge on any atom is -0.395 e. The van der Waals surface area contributed by atoms with Crippen molar-refractivity contribution < 1.29 is 39.2 Å². The van der Waals surface area contributed by atoms with E-state index < -0.39 is 29.3 Å². The van der Waals surface area contributed by atoms with Gasteiger partial charge in [0.05, 0.1) is 13.2 Å². The minimum absolute atomic E-state index is 0.00636. The van der Waals surface area contributed by atoms with Crippen LogP contribution in [0.3, 0.4) is 0 Å². The first-order valence-electron chi connectivity index (χ1n) is 13.3. The maximum absolute atomic E-state index is 15.1. The van der Waals surface area contributed by atoms with Gasteiger partial charge < -0.3 is 30.5 Å². The lowest BCUT2D eigenvalue weighted by atomic mass is 9.96. The number of nitrogens with one attached hydrogen (secondary N) is 1. The van der Waals surface area contributed by atoms with Gasteiger partial charge in [-0.1, -0.05) is 38.1 Å². The van der Waals surface area contributed by atoms with Gasteiger partial charge in [-0.05, 0) is 47.6 Å². The van der Waals surface area contributed by atoms with Crippen molar-refractivity contribution in [2.75, 3.05) is 26.7 Å². The van der Waals surface area contributed by atoms with Gasteiger partial charge in [-0.2, -0.15) is 0 Å². The predicted molar refractivity (Wildman–Crippen MR) is 144 cm³/mol. The smallest absolute Gasteiger partial charge is 0.273 e. The number of aliphatic hydroxyl groups excluding tert-OH is 1. The number of carbonyl (C=O) groups excluding carboxylic acids is 3. The van der Waals surface area contributed by atoms with E-state index in [2.05, 4.69) is 5.32 Å². The topological polar surface area (TPSA) is 151 Å². The second-order valence-electron chi connectivity index (χ2n) is 10.4. The van der Waals surface area contributed by atoms with Crippen LogP contribution < -0.4 is 5.32 Å². The third-order valence-electron chi connectivity index (χ3n) is 7.21. The molecular weight excluding hydrogens is 521 g/mol. The van der Waals surface area contributed by atoms with E-state index in [1.165, 1.54) is 24.1 Å². The molecule has 1 unspecified atom stereocenters. The number of benzene rings is 2. The molecule has 0 saturated carbocycles. The highest BCUT2D eigenvalue weighted by Gasteiger charge is 2.47. The Morgan fingerprint density at radius 2 is 1.88 bits per heavy atom. The number of aldehydes is 1. The van der Waals surface area contributed by atoms with Gasteiger partial charge in [-0.15, -0.1) is 0 Å². The van der Waals surface area contributed by atoms with Crippen molar-refractivity contribution in [1.82, 2.24) is 15.1 Å². The molecule has 1 aliphatic heterocycles. The molecule has 40 heavy (non-hydrogen) atoms. The lowest BCUT2D eigenvalue weighted by molar-refractivity contribution is -0.279. The third-order valence-corrected chi connectivity index (χ3v) is 7.21. The number of halogens is 1. The lowest BCUT2D eigenvalue weighted by Gasteiger charge is -2.36. The summed E-state index contributed by atoms with van der Waals surface area (Å²) in [5.74, 6) is -4.37. The highest BCUT2D eigenvalue weighted by atomic mass is 19.1. The first-order chi connectivity index (χ1) is 18.9. The number of carbonyl (C=O) groups is 3. The van der Waals surface area contributed by atoms with E-state index in [1.807, 2.05) is 13.8 Å². The molecule has 0 saturated heterocycles. The van der Waals surface area contributed by atoms with Crippen molar-refractivity contribution in [3.8, 4) is 0 Å². The van der Waals surface area contributed by atoms with Gasteiger partial charge in [0.2, 0.25) is 5.72 Å². The lowest BCUT2D eigenvalue weighted by Crippen LogP contribution is -2.58. The van der Waals surface area contributed by atoms with Crippen molar-refractivity contribution in [2.24, 2.45) is 5.92 Å². The third kappa shape index (κ3) is 6.39. The van der Waals surface area contributed by atoms with Crippen LogP contribution in [0, 0.1) is 11.7 Å². The molecule has 10 nitrogen and oxygen atoms in total. The van der Waals surface area contributed by atoms with Gasteiger partial charge in [0.1, 0.15) is 12.1 Å². The molecular formula is C29H38FN3O7. The summed E-state index contributed by atoms with van der Waals surface area (Å²) in [5.41, 5.74) is -0.281. The fraction of sp³-hybridized carbons (Fsp3) is 0.483. The highest BCUT2D eigenvalue weighted by Crippen LogP contribution is 2.34. The maximum atomic E-state index is 15.1. The number of likely N-dealkylation sites (N-methyl/N-ethyl adjacent to an activating group) is 1. The van der Waals surface area contributed by atoms with Crippen LogP contribution in [0.1, 0.15) is 59.3 Å². The van der Waals surface area contributed by atoms with Gasteiger partial charge in [-0.3, -0.25) is 14.5 Å². The minimum atomic E-state index is -2.47. The standard InChI is InChI=1S/C29H38FN3O7/c1-19(2)17-32(13-15-35)29(39,40)22-11-10-21(25(30)16-22)9-8-20-6-4-7-23-24(20)18-33(26(23)36)28(38,12-5-14-34)27(37)31-3/h4,6-7,10-11,14,16,19,35,38-40H,5,8-9,12-13,15,17-18H2,1-3H3,(H,31,37). The van der Waals surface area contributed by atoms with Crippen molar-refractivity contribution in [2.45, 2.75) is 57.7 Å². The van der Waals surface area contributed by atoms with Crippen LogP contribution in [0.2, 0.25) is 0 Å². The van der Waals surface area contributed by atoms with E-state index in [0.29, 0.717) is 29.4 Å². The maximum Gasteiger partial charge on any atom is 0.273 e. The number of aryl methyl sites for hydroxylation is 2. The van der Waals surface area contributed by atoms with E-state index >= 15 is 4.39 Å². The van der Waals surface area contributed by atoms with Crippen LogP contribution in [0.15, 0.2) is 36.4 Å². The average Bonchev–Trinajstić information content (AvgIpc) is 3.27. The number of aliphatic hydroxyl groups is 4. The zero-order valence-corrected chi connectivity index (χ0v) is 23.1. The van der Waals surface area contributed by atoms with Crippen LogP contribution in [0.5, 0.6) is 0 Å². The Balaban J connectivity index is 1.82. The second-order valence-corrected chi connectivity index (χ2v) is 10.4. The summed E-state index contributed by atoms with van der Waals surface area (Å²) in [7, 11) is 1.33. The Labute approximate surface area is 233 Å². The number of nitrogens with zero attached hydrogens (tertiary/aromatic N) is 2. The first-order valence-corrected chi connectivity index (χ1v) is 13.3. The summed E-state index contributed by atoms with van der Waals surface area (Å²) in [5, 5.41) is 44.4. The summed E-state index contributed by atoms with van der Waals surface area (Å²) in [6.07, 6.45) is 0.759. The SMILES string of the molecule is CNC(=O)C(O)(CCC=O)N1Cc2c(CCc3ccc(C(O)(O)N(CCO)CC(C)C)cc3F)cccc2C1=O. The van der Waals surface area contributed by atoms with Gasteiger partial charge in [-0.25, -0.2) is 9.29 Å². The van der Waals surface area contributed by atoms with E-state index in [0.717, 1.165) is 16.5 Å². The second kappa shape index (κ2) is 13.0. The van der Waals surface area contributed by atoms with Crippen molar-refractivity contribution in [3.63, 3.8) is 0 Å². The summed E-state index contributed by atoms with van der Waals surface area (Å²) in [4.78, 5) is 39.0. The Hall–Kier alpha value is -3.22. The molecule has 0 radical (unpaired) electrons. The molecule has 2 aromatic carbocycles. The quantitative estimate of drug-likeness (QED) is 0.170. The fourth-order valence-corrected chi connectivity index (χ4v) is 5.11. The molecule has 2 aromatic rings. The molecule has 3 rings (SSSR count). The number of hydrogen-bond donors (Lipinski definition) is 5. The van der Waals surface area contributed by atoms with Gasteiger partial charge in [0.25, 0.3) is 17.7 Å². The molecule has 1 atom stereocenters. The summed E-state index contributed by atoms with van der Waals surface area (Å²) in [6, 6.07) is 9.03. The number of hydrogen-bond acceptors (Lipinski definition) is 8. The van der Waals surface area contributed by atoms with E-state index in [-0.39, 0.29) is 57.0 Å². The Morgan fingerprint density at radius 1 is 1.18 bits per heavy atom. The molecule has 2 amide bonds.